The van der Waals surface area contributed by atoms with Crippen molar-refractivity contribution in [2.45, 2.75) is 47.2 Å². The van der Waals surface area contributed by atoms with Crippen molar-refractivity contribution in [3.8, 4) is 5.75 Å². The predicted molar refractivity (Wildman–Crippen MR) is 115 cm³/mol. The summed E-state index contributed by atoms with van der Waals surface area (Å²) in [5, 5.41) is 0. The molecular weight excluding hydrogens is 368 g/mol. The van der Waals surface area contributed by atoms with Crippen LogP contribution in [0.2, 0.25) is 13.1 Å². The number of allylic oxidation sites excluding steroid dienone is 7. The molecule has 141 valence electrons. The summed E-state index contributed by atoms with van der Waals surface area (Å²) >= 11 is 0. The van der Waals surface area contributed by atoms with Gasteiger partial charge in [-0.1, -0.05) is 75.7 Å². The third-order valence-corrected chi connectivity index (χ3v) is 3.09. The molecule has 1 nitrogen and oxygen atoms in total. The molecule has 1 aromatic carbocycles. The van der Waals surface area contributed by atoms with E-state index in [1.807, 2.05) is 61.6 Å². The molecular formula is C23H34OSiTi-. The summed E-state index contributed by atoms with van der Waals surface area (Å²) in [5.41, 5.74) is 1.74. The maximum absolute atomic E-state index is 5.43. The first-order chi connectivity index (χ1) is 12.0. The molecule has 0 spiro atoms. The summed E-state index contributed by atoms with van der Waals surface area (Å²) in [6.07, 6.45) is 16.4. The molecule has 0 aliphatic heterocycles. The van der Waals surface area contributed by atoms with E-state index in [1.54, 1.807) is 0 Å². The second-order valence-corrected chi connectivity index (χ2v) is 7.77. The molecule has 0 saturated carbocycles. The molecule has 1 aromatic rings. The van der Waals surface area contributed by atoms with Gasteiger partial charge in [0.2, 0.25) is 0 Å². The van der Waals surface area contributed by atoms with Gasteiger partial charge in [0.05, 0.1) is 0 Å². The largest absolute Gasteiger partial charge is 0.490 e. The first-order valence-electron chi connectivity index (χ1n) is 8.92. The number of hydrogen-bond donors (Lipinski definition) is 0. The van der Waals surface area contributed by atoms with Gasteiger partial charge in [0.15, 0.2) is 0 Å². The van der Waals surface area contributed by atoms with Crippen molar-refractivity contribution >= 4 is 9.52 Å². The molecule has 1 radical (unpaired) electrons. The fourth-order valence-corrected chi connectivity index (χ4v) is 1.83. The van der Waals surface area contributed by atoms with Crippen LogP contribution in [0.25, 0.3) is 0 Å². The Morgan fingerprint density at radius 2 is 1.73 bits per heavy atom. The first-order valence-corrected chi connectivity index (χ1v) is 11.2. The van der Waals surface area contributed by atoms with Crippen LogP contribution >= 0.6 is 0 Å². The molecule has 0 atom stereocenters. The van der Waals surface area contributed by atoms with Crippen LogP contribution in [0.1, 0.15) is 34.1 Å². The number of rotatable bonds is 4. The van der Waals surface area contributed by atoms with Gasteiger partial charge in [0.1, 0.15) is 12.4 Å². The van der Waals surface area contributed by atoms with E-state index in [1.165, 1.54) is 5.57 Å². The summed E-state index contributed by atoms with van der Waals surface area (Å²) in [7, 11) is 0.750. The van der Waals surface area contributed by atoms with Gasteiger partial charge >= 0.3 is 0 Å². The summed E-state index contributed by atoms with van der Waals surface area (Å²) < 4.78 is 5.43. The van der Waals surface area contributed by atoms with Crippen LogP contribution in [0, 0.1) is 11.5 Å². The van der Waals surface area contributed by atoms with E-state index in [-0.39, 0.29) is 21.7 Å². The Morgan fingerprint density at radius 3 is 2.15 bits per heavy atom. The maximum Gasteiger partial charge on any atom is 0.119 e. The standard InChI is InChI=1S/C12H14O.C9H13.C2H7Si.Ti/c1-2-3-4-8-11-13-12-9-6-5-7-10-12;1-9(2,3)8-6-4-5-7-8;1-3-2;/h2-10H,11H2,1H3;6-7H,4H2,1-3H3;3H,1-2H3;/q;-1;;. The molecule has 0 saturated heterocycles. The van der Waals surface area contributed by atoms with Crippen LogP contribution in [0.3, 0.4) is 0 Å². The Labute approximate surface area is 179 Å². The molecule has 0 aromatic heterocycles. The molecule has 0 N–H and O–H groups in total. The first kappa shape index (κ1) is 27.1. The zero-order valence-electron chi connectivity index (χ0n) is 17.3. The molecule has 0 heterocycles. The van der Waals surface area contributed by atoms with Crippen LogP contribution in [0.15, 0.2) is 72.4 Å². The summed E-state index contributed by atoms with van der Waals surface area (Å²) in [4.78, 5) is 0. The zero-order chi connectivity index (χ0) is 19.0. The van der Waals surface area contributed by atoms with Crippen LogP contribution in [0.5, 0.6) is 5.75 Å². The normalized spacial score (nSPS) is 12.6. The van der Waals surface area contributed by atoms with Gasteiger partial charge in [-0.05, 0) is 25.1 Å². The van der Waals surface area contributed by atoms with Gasteiger partial charge in [-0.25, -0.2) is 6.08 Å². The SMILES string of the molecule is CC(C)(C)C1=CC[C-]=C1.CC=CC=CCOc1ccccc1.C[SiH]C.[Ti]. The minimum atomic E-state index is 0. The minimum Gasteiger partial charge on any atom is -0.490 e. The molecule has 1 aliphatic carbocycles. The van der Waals surface area contributed by atoms with E-state index in [0.29, 0.717) is 12.0 Å². The zero-order valence-corrected chi connectivity index (χ0v) is 20.0. The molecule has 0 bridgehead atoms. The molecule has 0 amide bonds. The van der Waals surface area contributed by atoms with Crippen molar-refractivity contribution in [1.82, 2.24) is 0 Å². The molecule has 26 heavy (non-hydrogen) atoms. The van der Waals surface area contributed by atoms with E-state index in [2.05, 4.69) is 52.1 Å². The van der Waals surface area contributed by atoms with Crippen molar-refractivity contribution in [2.75, 3.05) is 6.61 Å². The average molecular weight is 402 g/mol. The molecule has 0 fully saturated rings. The van der Waals surface area contributed by atoms with Crippen LogP contribution in [0.4, 0.5) is 0 Å². The molecule has 2 rings (SSSR count). The monoisotopic (exact) mass is 402 g/mol. The molecule has 1 aliphatic rings. The predicted octanol–water partition coefficient (Wildman–Crippen LogP) is 6.44. The summed E-state index contributed by atoms with van der Waals surface area (Å²) in [6, 6.07) is 9.80. The second-order valence-electron chi connectivity index (χ2n) is 6.62. The third kappa shape index (κ3) is 15.2. The van der Waals surface area contributed by atoms with E-state index < -0.39 is 0 Å². The molecule has 0 unspecified atom stereocenters. The van der Waals surface area contributed by atoms with Gasteiger partial charge in [-0.3, -0.25) is 6.08 Å². The van der Waals surface area contributed by atoms with Gasteiger partial charge < -0.3 is 4.74 Å². The van der Waals surface area contributed by atoms with Crippen molar-refractivity contribution < 1.29 is 26.5 Å². The van der Waals surface area contributed by atoms with Crippen LogP contribution in [-0.4, -0.2) is 16.1 Å². The summed E-state index contributed by atoms with van der Waals surface area (Å²) in [5.74, 6) is 0.910. The van der Waals surface area contributed by atoms with Gasteiger partial charge in [0, 0.05) is 31.2 Å². The Balaban J connectivity index is 0. The minimum absolute atomic E-state index is 0. The fourth-order valence-electron chi connectivity index (χ4n) is 1.83. The number of benzene rings is 1. The number of hydrogen-bond acceptors (Lipinski definition) is 1. The topological polar surface area (TPSA) is 9.23 Å². The van der Waals surface area contributed by atoms with Gasteiger partial charge in [-0.15, -0.1) is 6.42 Å². The van der Waals surface area contributed by atoms with E-state index in [9.17, 15) is 0 Å². The smallest absolute Gasteiger partial charge is 0.119 e. The summed E-state index contributed by atoms with van der Waals surface area (Å²) in [6.45, 7) is 13.7. The van der Waals surface area contributed by atoms with Crippen LogP contribution < -0.4 is 4.74 Å². The Hall–Kier alpha value is -1.09. The number of ether oxygens (including phenoxy) is 1. The third-order valence-electron chi connectivity index (χ3n) is 3.09. The maximum atomic E-state index is 5.43. The average Bonchev–Trinajstić information content (AvgIpc) is 3.12. The number of para-hydroxylation sites is 1. The van der Waals surface area contributed by atoms with Crippen LogP contribution in [-0.2, 0) is 21.7 Å². The Kier molecular flexibility index (Phi) is 18.1. The Morgan fingerprint density at radius 1 is 1.12 bits per heavy atom. The second kappa shape index (κ2) is 17.3. The van der Waals surface area contributed by atoms with E-state index in [0.717, 1.165) is 21.7 Å². The van der Waals surface area contributed by atoms with E-state index >= 15 is 0 Å². The fraction of sp³-hybridized carbons (Fsp3) is 0.391. The van der Waals surface area contributed by atoms with Crippen molar-refractivity contribution in [1.29, 1.82) is 0 Å². The van der Waals surface area contributed by atoms with Gasteiger partial charge in [0.25, 0.3) is 0 Å². The Bertz CT molecular complexity index is 551. The quantitative estimate of drug-likeness (QED) is 0.320. The van der Waals surface area contributed by atoms with Crippen molar-refractivity contribution in [3.63, 3.8) is 0 Å². The van der Waals surface area contributed by atoms with Crippen molar-refractivity contribution in [2.24, 2.45) is 5.41 Å². The van der Waals surface area contributed by atoms with Gasteiger partial charge in [-0.2, -0.15) is 11.6 Å². The van der Waals surface area contributed by atoms with E-state index in [4.69, 9.17) is 4.74 Å². The van der Waals surface area contributed by atoms with Crippen molar-refractivity contribution in [3.05, 3.63) is 78.4 Å². The molecule has 3 heteroatoms.